The van der Waals surface area contributed by atoms with Gasteiger partial charge in [-0.1, -0.05) is 341 Å². The van der Waals surface area contributed by atoms with Gasteiger partial charge in [0.1, 0.15) is 44.7 Å². The minimum absolute atomic E-state index is 0.0593. The van der Waals surface area contributed by atoms with Gasteiger partial charge in [0.05, 0.1) is 0 Å². The van der Waals surface area contributed by atoms with Crippen molar-refractivity contribution in [3.63, 3.8) is 0 Å². The second-order valence-corrected chi connectivity index (χ2v) is 38.2. The van der Waals surface area contributed by atoms with Gasteiger partial charge in [-0.05, 0) is 174 Å². The van der Waals surface area contributed by atoms with Crippen molar-refractivity contribution in [1.82, 2.24) is 44.9 Å². The fourth-order valence-corrected chi connectivity index (χ4v) is 21.9. The maximum atomic E-state index is 6.59. The third-order valence-electron chi connectivity index (χ3n) is 28.8. The number of furan rings is 4. The molecule has 0 unspecified atom stereocenters. The highest BCUT2D eigenvalue weighted by atomic mass is 16.3. The fraction of sp³-hybridized carbons (Fsp3) is 0.0976. The summed E-state index contributed by atoms with van der Waals surface area (Å²) in [5, 5.41) is 8.87. The van der Waals surface area contributed by atoms with Crippen molar-refractivity contribution in [2.75, 3.05) is 0 Å². The van der Waals surface area contributed by atoms with Crippen molar-refractivity contribution in [3.8, 4) is 147 Å². The van der Waals surface area contributed by atoms with Gasteiger partial charge in [-0.3, -0.25) is 0 Å². The van der Waals surface area contributed by atoms with Crippen molar-refractivity contribution in [2.45, 2.75) is 77.0 Å². The van der Waals surface area contributed by atoms with E-state index in [0.717, 1.165) is 127 Å². The first-order valence-corrected chi connectivity index (χ1v) is 46.4. The Kier molecular flexibility index (Phi) is 17.8. The van der Waals surface area contributed by atoms with E-state index in [4.69, 9.17) is 62.5 Å². The SMILES string of the molecule is CC1(C)c2ccccc2-c2c1ccc1oc3cc(-c4nc(-c5ccccc5)nc(-c5ccc6oc7ccccc7c6c5)n4)ccc3c21.CC1(C)c2ccccc2-c2c1ccc1oc3cc(-c4nc(-c5ccccc5)nc(-c5ccccc5)n4)ccc3c21.CC1(C)c2ccccc2-c2ccc(-c3nc(-c4ccccc4)nc(-c4ccc5c(c4)oc4ccc6c(c45)-c4ccccc4C6(C)C)n3)cc21. The molecule has 24 aromatic rings. The largest absolute Gasteiger partial charge is 0.456 e. The second-order valence-electron chi connectivity index (χ2n) is 38.2. The summed E-state index contributed by atoms with van der Waals surface area (Å²) in [6, 6.07) is 128. The second kappa shape index (κ2) is 30.3. The first-order valence-electron chi connectivity index (χ1n) is 46.4. The first-order chi connectivity index (χ1) is 66.4. The maximum absolute atomic E-state index is 6.59. The molecule has 4 aliphatic carbocycles. The van der Waals surface area contributed by atoms with Gasteiger partial charge in [-0.2, -0.15) is 0 Å². The molecule has 646 valence electrons. The highest BCUT2D eigenvalue weighted by molar-refractivity contribution is 6.19. The number of fused-ring (bicyclic) bond motifs is 27. The van der Waals surface area contributed by atoms with E-state index in [9.17, 15) is 0 Å². The molecule has 7 aromatic heterocycles. The molecule has 0 saturated heterocycles. The molecule has 0 N–H and O–H groups in total. The summed E-state index contributed by atoms with van der Waals surface area (Å²) in [6.45, 7) is 18.4. The zero-order valence-corrected chi connectivity index (χ0v) is 75.9. The lowest BCUT2D eigenvalue weighted by molar-refractivity contribution is 0.656. The summed E-state index contributed by atoms with van der Waals surface area (Å²) in [4.78, 5) is 44.8. The van der Waals surface area contributed by atoms with Crippen LogP contribution >= 0.6 is 0 Å². The highest BCUT2D eigenvalue weighted by Crippen LogP contribution is 2.58. The van der Waals surface area contributed by atoms with Gasteiger partial charge in [-0.25, -0.2) is 44.9 Å². The molecular weight excluding hydrogens is 1670 g/mol. The standard InChI is InChI=1S/C45H33N3O.C42H27N3O2.C36H25N3O/c1-44(2)34-17-11-9-15-31(34)39-35(44)22-23-37-40(39)32-21-19-28(25-38(32)49-37)43-47-41(26-12-6-5-7-13-26)46-42(48-43)27-18-20-30-29-14-8-10-16-33(29)45(3,4)36(30)24-27;1-42(2)31-14-8-6-13-28(31)37-32(42)19-21-35-38(37)29-18-16-26(23-36(29)47-35)41-44-39(24-10-4-3-5-11-24)43-40(45-41)25-17-20-34-30(22-25)27-12-7-9-15-33(27)46-34;1-36(2)27-16-10-9-15-25(27)31-28(36)19-20-29-32(31)26-18-17-24(21-30(26)40-29)35-38-33(22-11-5-3-6-12-22)37-34(39-35)23-13-7-4-8-14-23/h5-25H,1-4H3;3-23H,1-2H3;3-21H,1-2H3. The molecule has 0 saturated carbocycles. The van der Waals surface area contributed by atoms with Crippen molar-refractivity contribution >= 4 is 87.8 Å². The zero-order valence-electron chi connectivity index (χ0n) is 75.9. The van der Waals surface area contributed by atoms with Crippen LogP contribution in [0.4, 0.5) is 0 Å². The van der Waals surface area contributed by atoms with Crippen LogP contribution in [0.2, 0.25) is 0 Å². The van der Waals surface area contributed by atoms with E-state index in [0.29, 0.717) is 52.4 Å². The van der Waals surface area contributed by atoms with E-state index in [1.807, 2.05) is 152 Å². The molecule has 0 atom stereocenters. The van der Waals surface area contributed by atoms with E-state index >= 15 is 0 Å². The van der Waals surface area contributed by atoms with E-state index in [-0.39, 0.29) is 21.7 Å². The molecule has 13 nitrogen and oxygen atoms in total. The average Bonchev–Trinajstić information content (AvgIpc) is 1.56. The summed E-state index contributed by atoms with van der Waals surface area (Å²) in [5.41, 5.74) is 35.7. The Hall–Kier alpha value is -17.0. The van der Waals surface area contributed by atoms with Crippen molar-refractivity contribution in [2.24, 2.45) is 0 Å². The Bertz CT molecular complexity index is 9060. The molecule has 13 heteroatoms. The van der Waals surface area contributed by atoms with Crippen LogP contribution in [0.25, 0.3) is 235 Å². The third-order valence-corrected chi connectivity index (χ3v) is 28.8. The molecule has 0 aliphatic heterocycles. The maximum Gasteiger partial charge on any atom is 0.164 e. The highest BCUT2D eigenvalue weighted by Gasteiger charge is 2.42. The fourth-order valence-electron chi connectivity index (χ4n) is 21.9. The molecule has 28 rings (SSSR count). The van der Waals surface area contributed by atoms with Gasteiger partial charge in [0.2, 0.25) is 0 Å². The van der Waals surface area contributed by atoms with Crippen molar-refractivity contribution in [3.05, 3.63) is 415 Å². The number of hydrogen-bond donors (Lipinski definition) is 0. The van der Waals surface area contributed by atoms with Gasteiger partial charge < -0.3 is 17.7 Å². The van der Waals surface area contributed by atoms with Crippen LogP contribution in [0.15, 0.2) is 388 Å². The van der Waals surface area contributed by atoms with Crippen LogP contribution in [0.3, 0.4) is 0 Å². The number of nitrogens with zero attached hydrogens (tertiary/aromatic N) is 9. The van der Waals surface area contributed by atoms with Crippen LogP contribution in [0.1, 0.15) is 99.9 Å². The van der Waals surface area contributed by atoms with Crippen molar-refractivity contribution in [1.29, 1.82) is 0 Å². The van der Waals surface area contributed by atoms with Crippen LogP contribution < -0.4 is 0 Å². The monoisotopic (exact) mass is 1750 g/mol. The first kappa shape index (κ1) is 79.9. The van der Waals surface area contributed by atoms with Crippen molar-refractivity contribution < 1.29 is 17.7 Å². The lowest BCUT2D eigenvalue weighted by Crippen LogP contribution is -2.15. The lowest BCUT2D eigenvalue weighted by atomic mass is 9.82. The Labute approximate surface area is 783 Å². The Morgan fingerprint density at radius 1 is 0.154 bits per heavy atom. The topological polar surface area (TPSA) is 169 Å². The summed E-state index contributed by atoms with van der Waals surface area (Å²) >= 11 is 0. The Balaban J connectivity index is 0.000000106. The molecule has 7 heterocycles. The van der Waals surface area contributed by atoms with E-state index in [2.05, 4.69) is 274 Å². The number of para-hydroxylation sites is 1. The zero-order chi connectivity index (χ0) is 91.2. The number of hydrogen-bond acceptors (Lipinski definition) is 13. The van der Waals surface area contributed by atoms with Gasteiger partial charge in [0.25, 0.3) is 0 Å². The summed E-state index contributed by atoms with van der Waals surface area (Å²) in [5.74, 6) is 5.62. The molecule has 17 aromatic carbocycles. The molecule has 0 amide bonds. The van der Waals surface area contributed by atoms with Crippen LogP contribution in [-0.4, -0.2) is 44.9 Å². The quantitative estimate of drug-likeness (QED) is 0.134. The average molecular weight is 1750 g/mol. The van der Waals surface area contributed by atoms with E-state index < -0.39 is 0 Å². The number of rotatable bonds is 9. The van der Waals surface area contributed by atoms with E-state index in [1.165, 1.54) is 99.8 Å². The number of benzene rings is 17. The smallest absolute Gasteiger partial charge is 0.164 e. The van der Waals surface area contributed by atoms with Gasteiger partial charge in [0, 0.05) is 115 Å². The summed E-state index contributed by atoms with van der Waals surface area (Å²) in [6.07, 6.45) is 0. The molecular formula is C123H85N9O4. The summed E-state index contributed by atoms with van der Waals surface area (Å²) in [7, 11) is 0. The molecule has 136 heavy (non-hydrogen) atoms. The molecule has 0 bridgehead atoms. The predicted molar refractivity (Wildman–Crippen MR) is 548 cm³/mol. The van der Waals surface area contributed by atoms with Gasteiger partial charge >= 0.3 is 0 Å². The molecule has 0 fully saturated rings. The molecule has 0 spiro atoms. The Morgan fingerprint density at radius 2 is 0.404 bits per heavy atom. The normalized spacial score (nSPS) is 14.0. The van der Waals surface area contributed by atoms with Crippen LogP contribution in [-0.2, 0) is 21.7 Å². The molecule has 0 radical (unpaired) electrons. The third kappa shape index (κ3) is 12.6. The minimum atomic E-state index is -0.123. The minimum Gasteiger partial charge on any atom is -0.456 e. The Morgan fingerprint density at radius 3 is 0.772 bits per heavy atom. The number of aromatic nitrogens is 9. The van der Waals surface area contributed by atoms with Crippen LogP contribution in [0, 0.1) is 0 Å². The van der Waals surface area contributed by atoms with E-state index in [1.54, 1.807) is 0 Å². The summed E-state index contributed by atoms with van der Waals surface area (Å²) < 4.78 is 25.7. The van der Waals surface area contributed by atoms with Gasteiger partial charge in [0.15, 0.2) is 52.4 Å². The molecule has 4 aliphatic rings. The van der Waals surface area contributed by atoms with Gasteiger partial charge in [-0.15, -0.1) is 0 Å². The van der Waals surface area contributed by atoms with Crippen LogP contribution in [0.5, 0.6) is 0 Å². The lowest BCUT2D eigenvalue weighted by Gasteiger charge is -2.21. The predicted octanol–water partition coefficient (Wildman–Crippen LogP) is 31.4.